The van der Waals surface area contributed by atoms with Crippen LogP contribution in [-0.4, -0.2) is 29.6 Å². The zero-order chi connectivity index (χ0) is 15.3. The third kappa shape index (κ3) is 3.49. The monoisotopic (exact) mass is 287 g/mol. The highest BCUT2D eigenvalue weighted by atomic mass is 16.5. The molecule has 2 rings (SSSR count). The Morgan fingerprint density at radius 2 is 2.19 bits per heavy atom. The minimum Gasteiger partial charge on any atom is -0.490 e. The topological polar surface area (TPSA) is 77.2 Å². The van der Waals surface area contributed by atoms with Crippen LogP contribution in [-0.2, 0) is 4.79 Å². The average molecular weight is 287 g/mol. The number of nitrogens with zero attached hydrogens (tertiary/aromatic N) is 1. The summed E-state index contributed by atoms with van der Waals surface area (Å²) in [4.78, 5) is 16.0. The largest absolute Gasteiger partial charge is 0.490 e. The van der Waals surface area contributed by atoms with Gasteiger partial charge in [-0.2, -0.15) is 0 Å². The number of fused-ring (bicyclic) bond motifs is 1. The number of nitrogens with two attached hydrogens (primary N) is 1. The van der Waals surface area contributed by atoms with E-state index in [4.69, 9.17) is 10.5 Å². The summed E-state index contributed by atoms with van der Waals surface area (Å²) in [6.45, 7) is 4.68. The van der Waals surface area contributed by atoms with Crippen LogP contribution in [0.4, 0.5) is 0 Å². The molecule has 112 valence electrons. The van der Waals surface area contributed by atoms with Crippen molar-refractivity contribution >= 4 is 16.8 Å². The minimum absolute atomic E-state index is 0.177. The molecule has 1 unspecified atom stereocenters. The van der Waals surface area contributed by atoms with Gasteiger partial charge in [-0.15, -0.1) is 0 Å². The first-order valence-corrected chi connectivity index (χ1v) is 7.08. The van der Waals surface area contributed by atoms with E-state index in [-0.39, 0.29) is 6.61 Å². The molecule has 0 spiro atoms. The van der Waals surface area contributed by atoms with Crippen LogP contribution >= 0.6 is 0 Å². The number of rotatable bonds is 7. The number of carbonyl (C=O) groups excluding carboxylic acids is 1. The van der Waals surface area contributed by atoms with Gasteiger partial charge in [-0.1, -0.05) is 13.0 Å². The fraction of sp³-hybridized carbons (Fsp3) is 0.375. The van der Waals surface area contributed by atoms with Gasteiger partial charge < -0.3 is 15.8 Å². The molecule has 1 heterocycles. The zero-order valence-corrected chi connectivity index (χ0v) is 12.4. The highest BCUT2D eigenvalue weighted by Gasteiger charge is 2.31. The number of carbonyl (C=O) groups is 1. The van der Waals surface area contributed by atoms with Crippen LogP contribution in [0.2, 0.25) is 0 Å². The summed E-state index contributed by atoms with van der Waals surface area (Å²) in [6, 6.07) is 9.47. The molecule has 0 radical (unpaired) electrons. The van der Waals surface area contributed by atoms with Crippen molar-refractivity contribution in [2.45, 2.75) is 25.8 Å². The summed E-state index contributed by atoms with van der Waals surface area (Å²) in [5.41, 5.74) is 5.46. The Bertz CT molecular complexity index is 624. The van der Waals surface area contributed by atoms with Crippen molar-refractivity contribution in [3.05, 3.63) is 36.5 Å². The number of amides is 1. The molecule has 0 aliphatic rings. The molecular formula is C16H21N3O2. The van der Waals surface area contributed by atoms with Gasteiger partial charge >= 0.3 is 0 Å². The normalized spacial score (nSPS) is 13.8. The molecule has 21 heavy (non-hydrogen) atoms. The lowest BCUT2D eigenvalue weighted by molar-refractivity contribution is -0.124. The maximum atomic E-state index is 11.7. The summed E-state index contributed by atoms with van der Waals surface area (Å²) in [5.74, 6) is 0.278. The van der Waals surface area contributed by atoms with Crippen molar-refractivity contribution in [1.29, 1.82) is 0 Å². The highest BCUT2D eigenvalue weighted by Crippen LogP contribution is 2.24. The number of aromatic nitrogens is 1. The van der Waals surface area contributed by atoms with Gasteiger partial charge in [0.05, 0.1) is 5.52 Å². The van der Waals surface area contributed by atoms with Gasteiger partial charge in [0.25, 0.3) is 0 Å². The van der Waals surface area contributed by atoms with Gasteiger partial charge in [0.1, 0.15) is 17.9 Å². The molecule has 1 atom stereocenters. The molecule has 0 saturated carbocycles. The fourth-order valence-electron chi connectivity index (χ4n) is 2.03. The van der Waals surface area contributed by atoms with Gasteiger partial charge in [-0.25, -0.2) is 0 Å². The number of hydrogen-bond donors (Lipinski definition) is 2. The second-order valence-corrected chi connectivity index (χ2v) is 5.24. The Labute approximate surface area is 124 Å². The molecule has 0 fully saturated rings. The molecule has 5 heteroatoms. The molecule has 1 aromatic carbocycles. The third-order valence-corrected chi connectivity index (χ3v) is 3.43. The Balaban J connectivity index is 2.18. The quantitative estimate of drug-likeness (QED) is 0.815. The summed E-state index contributed by atoms with van der Waals surface area (Å²) >= 11 is 0. The predicted molar refractivity (Wildman–Crippen MR) is 83.1 cm³/mol. The molecular weight excluding hydrogens is 266 g/mol. The lowest BCUT2D eigenvalue weighted by Crippen LogP contribution is -2.57. The van der Waals surface area contributed by atoms with Crippen LogP contribution < -0.4 is 15.8 Å². The highest BCUT2D eigenvalue weighted by molar-refractivity contribution is 5.86. The number of ether oxygens (including phenoxy) is 1. The van der Waals surface area contributed by atoms with Gasteiger partial charge in [0, 0.05) is 11.6 Å². The average Bonchev–Trinajstić information content (AvgIpc) is 2.50. The van der Waals surface area contributed by atoms with Crippen molar-refractivity contribution in [3.8, 4) is 5.75 Å². The maximum absolute atomic E-state index is 11.7. The van der Waals surface area contributed by atoms with Crippen molar-refractivity contribution in [2.24, 2.45) is 5.73 Å². The number of primary amides is 1. The number of nitrogens with one attached hydrogen (secondary N) is 1. The number of benzene rings is 1. The van der Waals surface area contributed by atoms with E-state index in [1.807, 2.05) is 37.3 Å². The van der Waals surface area contributed by atoms with Crippen LogP contribution in [0.15, 0.2) is 36.5 Å². The molecule has 0 aliphatic heterocycles. The lowest BCUT2D eigenvalue weighted by atomic mass is 10.0. The third-order valence-electron chi connectivity index (χ3n) is 3.43. The summed E-state index contributed by atoms with van der Waals surface area (Å²) in [6.07, 6.45) is 2.66. The Morgan fingerprint density at radius 3 is 2.90 bits per heavy atom. The van der Waals surface area contributed by atoms with Crippen molar-refractivity contribution in [3.63, 3.8) is 0 Å². The first-order chi connectivity index (χ1) is 10.1. The van der Waals surface area contributed by atoms with Gasteiger partial charge in [-0.3, -0.25) is 9.78 Å². The second kappa shape index (κ2) is 6.54. The minimum atomic E-state index is -0.889. The van der Waals surface area contributed by atoms with E-state index in [0.29, 0.717) is 12.3 Å². The van der Waals surface area contributed by atoms with E-state index in [1.54, 1.807) is 13.1 Å². The molecule has 5 nitrogen and oxygen atoms in total. The molecule has 1 amide bonds. The molecule has 2 aromatic rings. The van der Waals surface area contributed by atoms with E-state index < -0.39 is 11.4 Å². The van der Waals surface area contributed by atoms with Crippen molar-refractivity contribution in [1.82, 2.24) is 10.3 Å². The van der Waals surface area contributed by atoms with Crippen LogP contribution in [0.5, 0.6) is 5.75 Å². The molecule has 1 aromatic heterocycles. The summed E-state index contributed by atoms with van der Waals surface area (Å²) in [7, 11) is 0. The van der Waals surface area contributed by atoms with Gasteiger partial charge in [0.15, 0.2) is 0 Å². The first-order valence-electron chi connectivity index (χ1n) is 7.08. The second-order valence-electron chi connectivity index (χ2n) is 5.24. The maximum Gasteiger partial charge on any atom is 0.240 e. The molecule has 0 bridgehead atoms. The Hall–Kier alpha value is -2.14. The van der Waals surface area contributed by atoms with E-state index >= 15 is 0 Å². The van der Waals surface area contributed by atoms with Crippen LogP contribution in [0, 0.1) is 0 Å². The Morgan fingerprint density at radius 1 is 1.38 bits per heavy atom. The first kappa shape index (κ1) is 15.3. The van der Waals surface area contributed by atoms with Gasteiger partial charge in [0.2, 0.25) is 5.91 Å². The van der Waals surface area contributed by atoms with E-state index in [1.165, 1.54) is 0 Å². The molecule has 3 N–H and O–H groups in total. The zero-order valence-electron chi connectivity index (χ0n) is 12.4. The van der Waals surface area contributed by atoms with E-state index in [0.717, 1.165) is 17.3 Å². The van der Waals surface area contributed by atoms with E-state index in [2.05, 4.69) is 10.3 Å². The number of hydrogen-bond acceptors (Lipinski definition) is 4. The predicted octanol–water partition coefficient (Wildman–Crippen LogP) is 1.86. The van der Waals surface area contributed by atoms with Crippen molar-refractivity contribution < 1.29 is 9.53 Å². The van der Waals surface area contributed by atoms with Gasteiger partial charge in [-0.05, 0) is 44.2 Å². The van der Waals surface area contributed by atoms with E-state index in [9.17, 15) is 4.79 Å². The molecule has 0 saturated heterocycles. The standard InChI is InChI=1S/C16H21N3O2/c1-3-9-19-16(2,15(17)20)11-21-14-8-4-7-13-12(14)6-5-10-18-13/h4-8,10,19H,3,9,11H2,1-2H3,(H2,17,20). The van der Waals surface area contributed by atoms with Crippen molar-refractivity contribution in [2.75, 3.05) is 13.2 Å². The SMILES string of the molecule is CCCNC(C)(COc1cccc2ncccc12)C(N)=O. The van der Waals surface area contributed by atoms with Crippen LogP contribution in [0.25, 0.3) is 10.9 Å². The van der Waals surface area contributed by atoms with Crippen LogP contribution in [0.3, 0.4) is 0 Å². The Kier molecular flexibility index (Phi) is 4.75. The lowest BCUT2D eigenvalue weighted by Gasteiger charge is -2.27. The fourth-order valence-corrected chi connectivity index (χ4v) is 2.03. The molecule has 0 aliphatic carbocycles. The summed E-state index contributed by atoms with van der Waals surface area (Å²) < 4.78 is 5.84. The van der Waals surface area contributed by atoms with Crippen LogP contribution in [0.1, 0.15) is 20.3 Å². The smallest absolute Gasteiger partial charge is 0.240 e. The number of pyridine rings is 1. The summed E-state index contributed by atoms with van der Waals surface area (Å²) in [5, 5.41) is 4.07.